The monoisotopic (exact) mass is 358 g/mol. The summed E-state index contributed by atoms with van der Waals surface area (Å²) in [6, 6.07) is 16.7. The van der Waals surface area contributed by atoms with Gasteiger partial charge in [-0.05, 0) is 43.7 Å². The van der Waals surface area contributed by atoms with E-state index in [1.807, 2.05) is 66.5 Å². The van der Waals surface area contributed by atoms with Gasteiger partial charge in [0.05, 0.1) is 12.6 Å². The van der Waals surface area contributed by atoms with Gasteiger partial charge in [-0.15, -0.1) is 0 Å². The van der Waals surface area contributed by atoms with Gasteiger partial charge in [0.15, 0.2) is 5.78 Å². The topological polar surface area (TPSA) is 49.4 Å². The van der Waals surface area contributed by atoms with Crippen LogP contribution in [0.4, 0.5) is 0 Å². The van der Waals surface area contributed by atoms with Crippen molar-refractivity contribution in [3.05, 3.63) is 70.7 Å². The third-order valence-corrected chi connectivity index (χ3v) is 4.14. The van der Waals surface area contributed by atoms with E-state index in [-0.39, 0.29) is 18.2 Å². The average Bonchev–Trinajstić information content (AvgIpc) is 2.57. The van der Waals surface area contributed by atoms with E-state index in [0.717, 1.165) is 11.1 Å². The van der Waals surface area contributed by atoms with Crippen LogP contribution in [-0.2, 0) is 22.6 Å². The Bertz CT molecular complexity index is 701. The van der Waals surface area contributed by atoms with Crippen molar-refractivity contribution in [3.8, 4) is 0 Å². The molecule has 2 rings (SSSR count). The molecule has 4 nitrogen and oxygen atoms in total. The van der Waals surface area contributed by atoms with Crippen LogP contribution in [0, 0.1) is 0 Å². The minimum atomic E-state index is -0.501. The number of likely N-dealkylation sites (N-methyl/N-ethyl adjacent to an activating group) is 1. The van der Waals surface area contributed by atoms with Crippen molar-refractivity contribution in [2.75, 3.05) is 13.6 Å². The Balaban J connectivity index is 1.87. The molecule has 1 amide bonds. The standard InChI is InChI=1S/C20H23ClN2O2/c1-15(24)19(12-16-6-4-3-5-7-16)22-20(25)14-23(2)13-17-8-10-18(21)11-9-17/h3-11,19H,12-14H2,1-2H3,(H,22,25)/t19-/m1/s1. The highest BCUT2D eigenvalue weighted by Gasteiger charge is 2.18. The molecule has 25 heavy (non-hydrogen) atoms. The van der Waals surface area contributed by atoms with E-state index in [4.69, 9.17) is 11.6 Å². The summed E-state index contributed by atoms with van der Waals surface area (Å²) in [5.41, 5.74) is 2.10. The molecule has 0 fully saturated rings. The Hall–Kier alpha value is -2.17. The maximum atomic E-state index is 12.3. The lowest BCUT2D eigenvalue weighted by Crippen LogP contribution is -2.45. The van der Waals surface area contributed by atoms with E-state index >= 15 is 0 Å². The number of nitrogens with zero attached hydrogens (tertiary/aromatic N) is 1. The van der Waals surface area contributed by atoms with Crippen molar-refractivity contribution in [3.63, 3.8) is 0 Å². The van der Waals surface area contributed by atoms with Gasteiger partial charge in [-0.3, -0.25) is 14.5 Å². The minimum Gasteiger partial charge on any atom is -0.345 e. The average molecular weight is 359 g/mol. The summed E-state index contributed by atoms with van der Waals surface area (Å²) < 4.78 is 0. The van der Waals surface area contributed by atoms with E-state index in [1.165, 1.54) is 6.92 Å². The van der Waals surface area contributed by atoms with Crippen LogP contribution in [0.5, 0.6) is 0 Å². The van der Waals surface area contributed by atoms with Gasteiger partial charge in [-0.25, -0.2) is 0 Å². The van der Waals surface area contributed by atoms with Crippen molar-refractivity contribution < 1.29 is 9.59 Å². The number of halogens is 1. The van der Waals surface area contributed by atoms with E-state index in [2.05, 4.69) is 5.32 Å². The number of amides is 1. The van der Waals surface area contributed by atoms with Crippen molar-refractivity contribution in [2.24, 2.45) is 0 Å². The zero-order valence-electron chi connectivity index (χ0n) is 14.5. The first-order chi connectivity index (χ1) is 11.9. The van der Waals surface area contributed by atoms with Crippen LogP contribution in [0.1, 0.15) is 18.1 Å². The first-order valence-corrected chi connectivity index (χ1v) is 8.58. The van der Waals surface area contributed by atoms with Crippen LogP contribution in [0.3, 0.4) is 0 Å². The maximum absolute atomic E-state index is 12.3. The van der Waals surface area contributed by atoms with Crippen LogP contribution in [0.2, 0.25) is 5.02 Å². The van der Waals surface area contributed by atoms with Gasteiger partial charge < -0.3 is 5.32 Å². The minimum absolute atomic E-state index is 0.0439. The van der Waals surface area contributed by atoms with Crippen molar-refractivity contribution in [1.29, 1.82) is 0 Å². The summed E-state index contributed by atoms with van der Waals surface area (Å²) in [5, 5.41) is 3.53. The number of Topliss-reactive ketones (excluding diaryl/α,β-unsaturated/α-hetero) is 1. The van der Waals surface area contributed by atoms with E-state index in [1.54, 1.807) is 0 Å². The van der Waals surface area contributed by atoms with Crippen molar-refractivity contribution in [1.82, 2.24) is 10.2 Å². The molecular weight excluding hydrogens is 336 g/mol. The molecule has 1 N–H and O–H groups in total. The number of benzene rings is 2. The Morgan fingerprint density at radius 1 is 1.04 bits per heavy atom. The molecule has 0 heterocycles. The molecule has 0 saturated heterocycles. The molecule has 0 aliphatic heterocycles. The second-order valence-corrected chi connectivity index (χ2v) is 6.66. The Morgan fingerprint density at radius 3 is 2.28 bits per heavy atom. The smallest absolute Gasteiger partial charge is 0.234 e. The lowest BCUT2D eigenvalue weighted by Gasteiger charge is -2.20. The number of carbonyl (C=O) groups is 2. The Labute approximate surface area is 153 Å². The van der Waals surface area contributed by atoms with Gasteiger partial charge in [-0.2, -0.15) is 0 Å². The number of hydrogen-bond acceptors (Lipinski definition) is 3. The first-order valence-electron chi connectivity index (χ1n) is 8.21. The fraction of sp³-hybridized carbons (Fsp3) is 0.300. The Morgan fingerprint density at radius 2 is 1.68 bits per heavy atom. The predicted octanol–water partition coefficient (Wildman–Crippen LogP) is 3.09. The van der Waals surface area contributed by atoms with Gasteiger partial charge in [0, 0.05) is 11.6 Å². The largest absolute Gasteiger partial charge is 0.345 e. The molecule has 0 bridgehead atoms. The van der Waals surface area contributed by atoms with E-state index in [9.17, 15) is 9.59 Å². The van der Waals surface area contributed by atoms with Crippen molar-refractivity contribution in [2.45, 2.75) is 25.9 Å². The summed E-state index contributed by atoms with van der Waals surface area (Å²) in [4.78, 5) is 26.0. The lowest BCUT2D eigenvalue weighted by atomic mass is 10.0. The zero-order chi connectivity index (χ0) is 18.2. The number of ketones is 1. The van der Waals surface area contributed by atoms with Gasteiger partial charge >= 0.3 is 0 Å². The number of carbonyl (C=O) groups excluding carboxylic acids is 2. The highest BCUT2D eigenvalue weighted by Crippen LogP contribution is 2.11. The summed E-state index contributed by atoms with van der Waals surface area (Å²) in [6.07, 6.45) is 0.503. The van der Waals surface area contributed by atoms with Crippen LogP contribution in [0.25, 0.3) is 0 Å². The molecule has 0 saturated carbocycles. The molecule has 0 aromatic heterocycles. The number of rotatable bonds is 8. The highest BCUT2D eigenvalue weighted by molar-refractivity contribution is 6.30. The second-order valence-electron chi connectivity index (χ2n) is 6.22. The molecule has 0 aliphatic carbocycles. The molecule has 1 atom stereocenters. The van der Waals surface area contributed by atoms with Crippen LogP contribution in [0.15, 0.2) is 54.6 Å². The molecule has 2 aromatic carbocycles. The van der Waals surface area contributed by atoms with E-state index in [0.29, 0.717) is 18.0 Å². The third kappa shape index (κ3) is 6.69. The molecule has 0 radical (unpaired) electrons. The summed E-state index contributed by atoms with van der Waals surface area (Å²) in [5.74, 6) is -0.204. The molecule has 132 valence electrons. The lowest BCUT2D eigenvalue weighted by molar-refractivity contribution is -0.127. The highest BCUT2D eigenvalue weighted by atomic mass is 35.5. The quantitative estimate of drug-likeness (QED) is 0.789. The molecule has 0 unspecified atom stereocenters. The Kier molecular flexibility index (Phi) is 7.16. The van der Waals surface area contributed by atoms with Crippen LogP contribution < -0.4 is 5.32 Å². The predicted molar refractivity (Wildman–Crippen MR) is 101 cm³/mol. The van der Waals surface area contributed by atoms with Gasteiger partial charge in [0.2, 0.25) is 5.91 Å². The number of nitrogens with one attached hydrogen (secondary N) is 1. The maximum Gasteiger partial charge on any atom is 0.234 e. The van der Waals surface area contributed by atoms with Gasteiger partial charge in [0.25, 0.3) is 0 Å². The molecular formula is C20H23ClN2O2. The van der Waals surface area contributed by atoms with Gasteiger partial charge in [-0.1, -0.05) is 54.1 Å². The third-order valence-electron chi connectivity index (χ3n) is 3.89. The summed E-state index contributed by atoms with van der Waals surface area (Å²) >= 11 is 5.88. The normalized spacial score (nSPS) is 12.0. The fourth-order valence-electron chi connectivity index (χ4n) is 2.59. The SMILES string of the molecule is CC(=O)[C@@H](Cc1ccccc1)NC(=O)CN(C)Cc1ccc(Cl)cc1. The van der Waals surface area contributed by atoms with E-state index < -0.39 is 6.04 Å². The molecule has 0 aliphatic rings. The number of hydrogen-bond donors (Lipinski definition) is 1. The fourth-order valence-corrected chi connectivity index (χ4v) is 2.71. The summed E-state index contributed by atoms with van der Waals surface area (Å²) in [7, 11) is 1.87. The summed E-state index contributed by atoms with van der Waals surface area (Å²) in [6.45, 7) is 2.36. The van der Waals surface area contributed by atoms with Crippen LogP contribution >= 0.6 is 11.6 Å². The first kappa shape index (κ1) is 19.2. The molecule has 0 spiro atoms. The van der Waals surface area contributed by atoms with Gasteiger partial charge in [0.1, 0.15) is 0 Å². The van der Waals surface area contributed by atoms with Crippen molar-refractivity contribution >= 4 is 23.3 Å². The molecule has 2 aromatic rings. The second kappa shape index (κ2) is 9.35. The van der Waals surface area contributed by atoms with Crippen LogP contribution in [-0.4, -0.2) is 36.2 Å². The zero-order valence-corrected chi connectivity index (χ0v) is 15.3. The molecule has 5 heteroatoms.